The van der Waals surface area contributed by atoms with E-state index in [-0.39, 0.29) is 12.0 Å². The predicted octanol–water partition coefficient (Wildman–Crippen LogP) is 4.34. The van der Waals surface area contributed by atoms with Crippen molar-refractivity contribution < 1.29 is 19.1 Å². The maximum Gasteiger partial charge on any atom is 0.410 e. The Balaban J connectivity index is 1.81. The summed E-state index contributed by atoms with van der Waals surface area (Å²) in [6.45, 7) is 8.01. The number of benzene rings is 2. The van der Waals surface area contributed by atoms with Gasteiger partial charge in [-0.25, -0.2) is 4.79 Å². The van der Waals surface area contributed by atoms with E-state index >= 15 is 0 Å². The fraction of sp³-hybridized carbons (Fsp3) is 0.364. The molecule has 2 aromatic rings. The lowest BCUT2D eigenvalue weighted by molar-refractivity contribution is -0.122. The van der Waals surface area contributed by atoms with Crippen LogP contribution in [-0.4, -0.2) is 28.6 Å². The quantitative estimate of drug-likeness (QED) is 0.854. The Morgan fingerprint density at radius 1 is 1.11 bits per heavy atom. The van der Waals surface area contributed by atoms with Crippen molar-refractivity contribution in [3.05, 3.63) is 59.7 Å². The maximum atomic E-state index is 12.8. The molecular weight excluding hydrogens is 356 g/mol. The van der Waals surface area contributed by atoms with Gasteiger partial charge in [0.05, 0.1) is 5.69 Å². The van der Waals surface area contributed by atoms with Crippen molar-refractivity contribution in [1.29, 1.82) is 0 Å². The maximum absolute atomic E-state index is 12.8. The van der Waals surface area contributed by atoms with Crippen LogP contribution in [0.15, 0.2) is 48.5 Å². The van der Waals surface area contributed by atoms with Gasteiger partial charge in [-0.15, -0.1) is 0 Å². The summed E-state index contributed by atoms with van der Waals surface area (Å²) in [6.07, 6.45) is -0.905. The largest absolute Gasteiger partial charge is 0.479 e. The van der Waals surface area contributed by atoms with Crippen LogP contribution >= 0.6 is 0 Å². The van der Waals surface area contributed by atoms with Crippen molar-refractivity contribution >= 4 is 17.7 Å². The van der Waals surface area contributed by atoms with E-state index in [0.717, 1.165) is 11.1 Å². The molecule has 0 spiro atoms. The zero-order valence-electron chi connectivity index (χ0n) is 16.7. The van der Waals surface area contributed by atoms with Crippen LogP contribution in [0.4, 0.5) is 10.5 Å². The van der Waals surface area contributed by atoms with Crippen LogP contribution in [-0.2, 0) is 22.6 Å². The molecule has 0 saturated heterocycles. The smallest absolute Gasteiger partial charge is 0.410 e. The second-order valence-electron chi connectivity index (χ2n) is 7.90. The minimum absolute atomic E-state index is 0.182. The van der Waals surface area contributed by atoms with Gasteiger partial charge in [0.1, 0.15) is 11.4 Å². The van der Waals surface area contributed by atoms with Gasteiger partial charge >= 0.3 is 6.09 Å². The Kier molecular flexibility index (Phi) is 5.58. The minimum Gasteiger partial charge on any atom is -0.479 e. The first kappa shape index (κ1) is 19.7. The number of fused-ring (bicyclic) bond motifs is 1. The number of nitrogens with zero attached hydrogens (tertiary/aromatic N) is 1. The summed E-state index contributed by atoms with van der Waals surface area (Å²) < 4.78 is 11.2. The number of hydrogen-bond donors (Lipinski definition) is 1. The molecule has 0 saturated carbocycles. The molecule has 148 valence electrons. The van der Waals surface area contributed by atoms with Crippen molar-refractivity contribution in [2.24, 2.45) is 0 Å². The van der Waals surface area contributed by atoms with Gasteiger partial charge in [-0.2, -0.15) is 0 Å². The number of ether oxygens (including phenoxy) is 2. The molecule has 6 heteroatoms. The number of nitrogens with one attached hydrogen (secondary N) is 1. The third-order valence-electron chi connectivity index (χ3n) is 4.22. The standard InChI is InChI=1S/C22H26N2O4/c1-15-20(25)23-18-12-17(10-11-19(18)27-15)14-24(21(26)28-22(2,3)4)13-16-8-6-5-7-9-16/h5-12,15H,13-14H2,1-4H3,(H,23,25). The molecule has 0 aromatic heterocycles. The zero-order chi connectivity index (χ0) is 20.3. The Hall–Kier alpha value is -3.02. The van der Waals surface area contributed by atoms with E-state index < -0.39 is 11.7 Å². The Morgan fingerprint density at radius 2 is 1.79 bits per heavy atom. The molecule has 1 unspecified atom stereocenters. The fourth-order valence-electron chi connectivity index (χ4n) is 2.89. The van der Waals surface area contributed by atoms with Crippen LogP contribution in [0.3, 0.4) is 0 Å². The Bertz CT molecular complexity index is 859. The number of anilines is 1. The van der Waals surface area contributed by atoms with Crippen molar-refractivity contribution in [2.75, 3.05) is 5.32 Å². The fourth-order valence-corrected chi connectivity index (χ4v) is 2.89. The predicted molar refractivity (Wildman–Crippen MR) is 107 cm³/mol. The molecule has 1 N–H and O–H groups in total. The second kappa shape index (κ2) is 7.92. The highest BCUT2D eigenvalue weighted by molar-refractivity contribution is 5.97. The van der Waals surface area contributed by atoms with Crippen LogP contribution in [0.25, 0.3) is 0 Å². The van der Waals surface area contributed by atoms with Gasteiger partial charge in [0.2, 0.25) is 0 Å². The highest BCUT2D eigenvalue weighted by Gasteiger charge is 2.25. The van der Waals surface area contributed by atoms with Gasteiger partial charge in [-0.1, -0.05) is 36.4 Å². The van der Waals surface area contributed by atoms with E-state index in [1.165, 1.54) is 0 Å². The summed E-state index contributed by atoms with van der Waals surface area (Å²) in [6, 6.07) is 15.3. The van der Waals surface area contributed by atoms with Crippen LogP contribution in [0.5, 0.6) is 5.75 Å². The topological polar surface area (TPSA) is 67.9 Å². The van der Waals surface area contributed by atoms with Crippen LogP contribution < -0.4 is 10.1 Å². The summed E-state index contributed by atoms with van der Waals surface area (Å²) in [5.41, 5.74) is 1.92. The molecule has 1 aliphatic heterocycles. The molecule has 1 aliphatic rings. The van der Waals surface area contributed by atoms with E-state index in [0.29, 0.717) is 24.5 Å². The van der Waals surface area contributed by atoms with Crippen LogP contribution in [0.1, 0.15) is 38.8 Å². The van der Waals surface area contributed by atoms with Crippen LogP contribution in [0.2, 0.25) is 0 Å². The highest BCUT2D eigenvalue weighted by Crippen LogP contribution is 2.31. The van der Waals surface area contributed by atoms with Crippen molar-refractivity contribution in [1.82, 2.24) is 4.90 Å². The van der Waals surface area contributed by atoms with E-state index in [1.54, 1.807) is 11.8 Å². The normalized spacial score (nSPS) is 15.9. The van der Waals surface area contributed by atoms with Crippen molar-refractivity contribution in [3.8, 4) is 5.75 Å². The molecule has 1 heterocycles. The number of rotatable bonds is 4. The molecule has 3 rings (SSSR count). The monoisotopic (exact) mass is 382 g/mol. The molecule has 0 bridgehead atoms. The van der Waals surface area contributed by atoms with Crippen LogP contribution in [0, 0.1) is 0 Å². The first-order chi connectivity index (χ1) is 13.2. The average molecular weight is 382 g/mol. The van der Waals surface area contributed by atoms with Gasteiger partial charge in [-0.3, -0.25) is 9.69 Å². The summed E-state index contributed by atoms with van der Waals surface area (Å²) >= 11 is 0. The van der Waals surface area contributed by atoms with Gasteiger partial charge in [0, 0.05) is 13.1 Å². The first-order valence-corrected chi connectivity index (χ1v) is 9.33. The first-order valence-electron chi connectivity index (χ1n) is 9.33. The number of carbonyl (C=O) groups is 2. The molecule has 0 radical (unpaired) electrons. The summed E-state index contributed by atoms with van der Waals surface area (Å²) in [5, 5.41) is 2.84. The molecule has 2 aromatic carbocycles. The molecule has 1 atom stereocenters. The number of carbonyl (C=O) groups excluding carboxylic acids is 2. The van der Waals surface area contributed by atoms with Gasteiger partial charge < -0.3 is 14.8 Å². The van der Waals surface area contributed by atoms with E-state index in [2.05, 4.69) is 5.32 Å². The van der Waals surface area contributed by atoms with Gasteiger partial charge in [0.15, 0.2) is 6.10 Å². The number of hydrogen-bond acceptors (Lipinski definition) is 4. The lowest BCUT2D eigenvalue weighted by Gasteiger charge is -2.28. The summed E-state index contributed by atoms with van der Waals surface area (Å²) in [7, 11) is 0. The van der Waals surface area contributed by atoms with Gasteiger partial charge in [0.25, 0.3) is 5.91 Å². The van der Waals surface area contributed by atoms with E-state index in [9.17, 15) is 9.59 Å². The lowest BCUT2D eigenvalue weighted by Crippen LogP contribution is -2.36. The molecule has 2 amide bonds. The Morgan fingerprint density at radius 3 is 2.46 bits per heavy atom. The lowest BCUT2D eigenvalue weighted by atomic mass is 10.1. The minimum atomic E-state index is -0.584. The van der Waals surface area contributed by atoms with E-state index in [4.69, 9.17) is 9.47 Å². The molecular formula is C22H26N2O4. The second-order valence-corrected chi connectivity index (χ2v) is 7.90. The summed E-state index contributed by atoms with van der Waals surface area (Å²) in [4.78, 5) is 26.3. The van der Waals surface area contributed by atoms with Crippen molar-refractivity contribution in [3.63, 3.8) is 0 Å². The van der Waals surface area contributed by atoms with Crippen molar-refractivity contribution in [2.45, 2.75) is 52.5 Å². The summed E-state index contributed by atoms with van der Waals surface area (Å²) in [5.74, 6) is 0.445. The Labute approximate surface area is 165 Å². The zero-order valence-corrected chi connectivity index (χ0v) is 16.7. The van der Waals surface area contributed by atoms with Gasteiger partial charge in [-0.05, 0) is 51.0 Å². The SMILES string of the molecule is CC1Oc2ccc(CN(Cc3ccccc3)C(=O)OC(C)(C)C)cc2NC1=O. The third-order valence-corrected chi connectivity index (χ3v) is 4.22. The number of amides is 2. The highest BCUT2D eigenvalue weighted by atomic mass is 16.6. The van der Waals surface area contributed by atoms with E-state index in [1.807, 2.05) is 69.3 Å². The molecule has 6 nitrogen and oxygen atoms in total. The third kappa shape index (κ3) is 5.03. The molecule has 0 aliphatic carbocycles. The average Bonchev–Trinajstić information content (AvgIpc) is 2.62. The molecule has 28 heavy (non-hydrogen) atoms. The molecule has 0 fully saturated rings.